The van der Waals surface area contributed by atoms with Crippen molar-refractivity contribution in [3.8, 4) is 0 Å². The summed E-state index contributed by atoms with van der Waals surface area (Å²) in [6.45, 7) is 4.40. The van der Waals surface area contributed by atoms with Crippen molar-refractivity contribution in [1.29, 1.82) is 0 Å². The Hall–Kier alpha value is -1.96. The maximum Gasteiger partial charge on any atom is 0.270 e. The van der Waals surface area contributed by atoms with Crippen molar-refractivity contribution in [3.05, 3.63) is 35.3 Å². The largest absolute Gasteiger partial charge is 0.388 e. The Morgan fingerprint density at radius 3 is 2.96 bits per heavy atom. The highest BCUT2D eigenvalue weighted by atomic mass is 16.6. The Morgan fingerprint density at radius 1 is 1.35 bits per heavy atom. The number of hydrogen-bond acceptors (Lipinski definition) is 5. The van der Waals surface area contributed by atoms with Crippen LogP contribution in [0, 0.1) is 13.8 Å². The van der Waals surface area contributed by atoms with E-state index in [1.807, 2.05) is 32.2 Å². The molecule has 4 heterocycles. The minimum absolute atomic E-state index is 0.210. The van der Waals surface area contributed by atoms with Crippen LogP contribution in [0.15, 0.2) is 18.3 Å². The normalized spacial score (nSPS) is 29.9. The molecule has 2 fully saturated rings. The van der Waals surface area contributed by atoms with Gasteiger partial charge in [-0.05, 0) is 31.5 Å². The predicted octanol–water partition coefficient (Wildman–Crippen LogP) is 0.208. The maximum atomic E-state index is 12.7. The van der Waals surface area contributed by atoms with Gasteiger partial charge in [0.05, 0.1) is 24.9 Å². The first kappa shape index (κ1) is 14.6. The number of fused-ring (bicyclic) bond motifs is 2. The van der Waals surface area contributed by atoms with Crippen molar-refractivity contribution < 1.29 is 19.4 Å². The topological polar surface area (TPSA) is 85.1 Å². The summed E-state index contributed by atoms with van der Waals surface area (Å²) in [4.78, 5) is 17.2. The highest BCUT2D eigenvalue weighted by Crippen LogP contribution is 2.27. The number of aliphatic hydroxyl groups is 1. The fourth-order valence-electron chi connectivity index (χ4n) is 3.38. The first-order valence-electron chi connectivity index (χ1n) is 7.72. The van der Waals surface area contributed by atoms with Crippen LogP contribution in [0.3, 0.4) is 0 Å². The molecule has 122 valence electrons. The van der Waals surface area contributed by atoms with Crippen LogP contribution < -0.4 is 5.32 Å². The molecular formula is C16H19N3O4. The lowest BCUT2D eigenvalue weighted by Gasteiger charge is -2.17. The zero-order valence-corrected chi connectivity index (χ0v) is 13.0. The van der Waals surface area contributed by atoms with Crippen LogP contribution in [0.2, 0.25) is 0 Å². The van der Waals surface area contributed by atoms with E-state index < -0.39 is 6.10 Å². The molecule has 1 amide bonds. The molecule has 0 spiro atoms. The van der Waals surface area contributed by atoms with Crippen LogP contribution in [-0.2, 0) is 9.47 Å². The fourth-order valence-corrected chi connectivity index (χ4v) is 3.38. The predicted molar refractivity (Wildman–Crippen MR) is 81.4 cm³/mol. The summed E-state index contributed by atoms with van der Waals surface area (Å²) in [5, 5.41) is 12.7. The molecule has 2 aliphatic rings. The number of imidazole rings is 1. The van der Waals surface area contributed by atoms with Gasteiger partial charge in [0.1, 0.15) is 29.7 Å². The first-order chi connectivity index (χ1) is 11.0. The Bertz CT molecular complexity index is 772. The molecule has 7 nitrogen and oxygen atoms in total. The summed E-state index contributed by atoms with van der Waals surface area (Å²) in [5.41, 5.74) is 3.04. The minimum atomic E-state index is -0.623. The Kier molecular flexibility index (Phi) is 3.37. The van der Waals surface area contributed by atoms with Gasteiger partial charge in [0.25, 0.3) is 5.91 Å². The van der Waals surface area contributed by atoms with Crippen molar-refractivity contribution >= 4 is 11.6 Å². The lowest BCUT2D eigenvalue weighted by atomic mass is 10.1. The third kappa shape index (κ3) is 2.32. The number of aromatic nitrogens is 2. The zero-order chi connectivity index (χ0) is 16.1. The number of nitrogens with one attached hydrogen (secondary N) is 1. The molecule has 2 aliphatic heterocycles. The third-order valence-corrected chi connectivity index (χ3v) is 4.51. The number of carbonyl (C=O) groups excluding carboxylic acids is 1. The molecule has 0 aromatic carbocycles. The first-order valence-corrected chi connectivity index (χ1v) is 7.72. The van der Waals surface area contributed by atoms with Gasteiger partial charge in [-0.25, -0.2) is 4.98 Å². The molecule has 23 heavy (non-hydrogen) atoms. The molecule has 2 N–H and O–H groups in total. The number of pyridine rings is 1. The number of hydrogen-bond donors (Lipinski definition) is 2. The second kappa shape index (κ2) is 5.30. The molecule has 2 aromatic heterocycles. The van der Waals surface area contributed by atoms with Crippen LogP contribution >= 0.6 is 0 Å². The van der Waals surface area contributed by atoms with Gasteiger partial charge in [-0.3, -0.25) is 9.20 Å². The smallest absolute Gasteiger partial charge is 0.270 e. The zero-order valence-electron chi connectivity index (χ0n) is 13.0. The van der Waals surface area contributed by atoms with Crippen molar-refractivity contribution in [1.82, 2.24) is 14.7 Å². The van der Waals surface area contributed by atoms with Crippen LogP contribution in [0.25, 0.3) is 5.65 Å². The minimum Gasteiger partial charge on any atom is -0.388 e. The van der Waals surface area contributed by atoms with E-state index in [1.165, 1.54) is 0 Å². The van der Waals surface area contributed by atoms with E-state index in [2.05, 4.69) is 10.3 Å². The van der Waals surface area contributed by atoms with E-state index in [0.717, 1.165) is 11.2 Å². The van der Waals surface area contributed by atoms with Crippen LogP contribution in [0.1, 0.15) is 21.7 Å². The molecular weight excluding hydrogens is 298 g/mol. The van der Waals surface area contributed by atoms with E-state index in [-0.39, 0.29) is 30.8 Å². The van der Waals surface area contributed by atoms with E-state index in [1.54, 1.807) is 4.40 Å². The quantitative estimate of drug-likeness (QED) is 0.827. The highest BCUT2D eigenvalue weighted by Gasteiger charge is 2.47. The van der Waals surface area contributed by atoms with Crippen LogP contribution in [0.5, 0.6) is 0 Å². The molecule has 4 rings (SSSR count). The SMILES string of the molecule is Cc1ccn2c(C(=O)N[C@H]3CO[C@H]4[C@@H]3OC[C@@H]4O)c(C)nc2c1. The average molecular weight is 317 g/mol. The van der Waals surface area contributed by atoms with Gasteiger partial charge in [0, 0.05) is 6.20 Å². The number of ether oxygens (including phenoxy) is 2. The van der Waals surface area contributed by atoms with Crippen molar-refractivity contribution in [3.63, 3.8) is 0 Å². The molecule has 0 saturated carbocycles. The summed E-state index contributed by atoms with van der Waals surface area (Å²) < 4.78 is 12.9. The van der Waals surface area contributed by atoms with Crippen LogP contribution in [0.4, 0.5) is 0 Å². The number of amides is 1. The van der Waals surface area contributed by atoms with E-state index in [0.29, 0.717) is 18.0 Å². The van der Waals surface area contributed by atoms with Crippen molar-refractivity contribution in [2.75, 3.05) is 13.2 Å². The summed E-state index contributed by atoms with van der Waals surface area (Å²) in [6, 6.07) is 3.62. The van der Waals surface area contributed by atoms with E-state index in [9.17, 15) is 9.90 Å². The standard InChI is InChI=1S/C16H19N3O4/c1-8-3-4-19-12(5-8)17-9(2)13(19)16(21)18-10-6-22-15-11(20)7-23-14(10)15/h3-5,10-11,14-15,20H,6-7H2,1-2H3,(H,18,21)/t10-,11-,14+,15+/m0/s1. The summed E-state index contributed by atoms with van der Waals surface area (Å²) >= 11 is 0. The molecule has 0 bridgehead atoms. The Balaban J connectivity index is 1.59. The Labute approximate surface area is 133 Å². The lowest BCUT2D eigenvalue weighted by molar-refractivity contribution is 0.0178. The van der Waals surface area contributed by atoms with Gasteiger partial charge in [-0.15, -0.1) is 0 Å². The van der Waals surface area contributed by atoms with Crippen molar-refractivity contribution in [2.45, 2.75) is 38.2 Å². The summed E-state index contributed by atoms with van der Waals surface area (Å²) in [5.74, 6) is -0.210. The number of nitrogens with zero attached hydrogens (tertiary/aromatic N) is 2. The molecule has 4 atom stereocenters. The van der Waals surface area contributed by atoms with Gasteiger partial charge in [0.2, 0.25) is 0 Å². The Morgan fingerprint density at radius 2 is 2.13 bits per heavy atom. The van der Waals surface area contributed by atoms with E-state index >= 15 is 0 Å². The van der Waals surface area contributed by atoms with Crippen molar-refractivity contribution in [2.24, 2.45) is 0 Å². The number of aliphatic hydroxyl groups excluding tert-OH is 1. The van der Waals surface area contributed by atoms with Crippen LogP contribution in [-0.4, -0.2) is 58.0 Å². The van der Waals surface area contributed by atoms with Gasteiger partial charge in [-0.1, -0.05) is 0 Å². The van der Waals surface area contributed by atoms with Gasteiger partial charge >= 0.3 is 0 Å². The molecule has 2 aromatic rings. The number of rotatable bonds is 2. The maximum absolute atomic E-state index is 12.7. The fraction of sp³-hybridized carbons (Fsp3) is 0.500. The lowest BCUT2D eigenvalue weighted by Crippen LogP contribution is -2.44. The molecule has 0 aliphatic carbocycles. The number of carbonyl (C=O) groups is 1. The molecule has 0 radical (unpaired) electrons. The molecule has 2 saturated heterocycles. The summed E-state index contributed by atoms with van der Waals surface area (Å²) in [6.07, 6.45) is 0.577. The second-order valence-corrected chi connectivity index (χ2v) is 6.22. The monoisotopic (exact) mass is 317 g/mol. The molecule has 0 unspecified atom stereocenters. The number of aryl methyl sites for hydroxylation is 2. The average Bonchev–Trinajstić information content (AvgIpc) is 3.14. The second-order valence-electron chi connectivity index (χ2n) is 6.22. The van der Waals surface area contributed by atoms with Gasteiger partial charge in [0.15, 0.2) is 0 Å². The summed E-state index contributed by atoms with van der Waals surface area (Å²) in [7, 11) is 0. The highest BCUT2D eigenvalue weighted by molar-refractivity contribution is 5.95. The third-order valence-electron chi connectivity index (χ3n) is 4.51. The molecule has 7 heteroatoms. The van der Waals surface area contributed by atoms with Gasteiger partial charge in [-0.2, -0.15) is 0 Å². The van der Waals surface area contributed by atoms with Gasteiger partial charge < -0.3 is 19.9 Å². The van der Waals surface area contributed by atoms with E-state index in [4.69, 9.17) is 9.47 Å².